The van der Waals surface area contributed by atoms with E-state index in [9.17, 15) is 0 Å². The summed E-state index contributed by atoms with van der Waals surface area (Å²) in [7, 11) is 0. The van der Waals surface area contributed by atoms with Crippen LogP contribution < -0.4 is 0 Å². The molecule has 0 spiro atoms. The van der Waals surface area contributed by atoms with Crippen LogP contribution in [0.15, 0.2) is 0 Å². The Labute approximate surface area is 118 Å². The second-order valence-corrected chi connectivity index (χ2v) is 5.11. The first-order chi connectivity index (χ1) is 8.86. The van der Waals surface area contributed by atoms with Gasteiger partial charge in [-0.25, -0.2) is 0 Å². The van der Waals surface area contributed by atoms with Crippen molar-refractivity contribution < 1.29 is 18.9 Å². The quantitative estimate of drug-likeness (QED) is 0.703. The van der Waals surface area contributed by atoms with Crippen LogP contribution in [0.3, 0.4) is 0 Å². The highest BCUT2D eigenvalue weighted by atomic mass is 79.9. The molecular weight excluding hydrogens is 300 g/mol. The molecule has 2 heterocycles. The van der Waals surface area contributed by atoms with Gasteiger partial charge in [0.2, 0.25) is 0 Å². The summed E-state index contributed by atoms with van der Waals surface area (Å²) in [6.45, 7) is 5.29. The normalized spacial score (nSPS) is 21.0. The van der Waals surface area contributed by atoms with Crippen molar-refractivity contribution >= 4 is 15.9 Å². The summed E-state index contributed by atoms with van der Waals surface area (Å²) in [6, 6.07) is 0. The van der Waals surface area contributed by atoms with Crippen LogP contribution in [-0.4, -0.2) is 44.3 Å². The first-order valence-electron chi connectivity index (χ1n) is 6.89. The second-order valence-electron chi connectivity index (χ2n) is 4.32. The van der Waals surface area contributed by atoms with Crippen molar-refractivity contribution in [1.29, 1.82) is 0 Å². The molecule has 108 valence electrons. The van der Waals surface area contributed by atoms with Crippen molar-refractivity contribution in [2.75, 3.05) is 31.8 Å². The molecule has 2 aliphatic heterocycles. The number of hydrogen-bond acceptors (Lipinski definition) is 4. The molecule has 2 saturated heterocycles. The third kappa shape index (κ3) is 7.69. The van der Waals surface area contributed by atoms with Crippen molar-refractivity contribution in [2.24, 2.45) is 0 Å². The van der Waals surface area contributed by atoms with Crippen LogP contribution in [0.1, 0.15) is 39.0 Å². The Balaban J connectivity index is 0.000000180. The van der Waals surface area contributed by atoms with E-state index in [0.29, 0.717) is 0 Å². The monoisotopic (exact) mass is 324 g/mol. The molecule has 0 unspecified atom stereocenters. The van der Waals surface area contributed by atoms with Gasteiger partial charge >= 0.3 is 0 Å². The number of ether oxygens (including phenoxy) is 4. The largest absolute Gasteiger partial charge is 0.350 e. The van der Waals surface area contributed by atoms with Crippen LogP contribution in [0, 0.1) is 0 Å². The number of unbranched alkanes of at least 4 members (excludes halogenated alkanes) is 1. The van der Waals surface area contributed by atoms with E-state index >= 15 is 0 Å². The van der Waals surface area contributed by atoms with Gasteiger partial charge in [-0.3, -0.25) is 0 Å². The van der Waals surface area contributed by atoms with E-state index in [4.69, 9.17) is 18.9 Å². The topological polar surface area (TPSA) is 36.9 Å². The molecule has 0 aromatic carbocycles. The molecular formula is C13H25BrO4. The van der Waals surface area contributed by atoms with Crippen LogP contribution in [0.25, 0.3) is 0 Å². The Hall–Kier alpha value is 0.320. The molecule has 0 aromatic heterocycles. The molecule has 4 nitrogen and oxygen atoms in total. The Kier molecular flexibility index (Phi) is 10.2. The van der Waals surface area contributed by atoms with Gasteiger partial charge in [-0.1, -0.05) is 29.3 Å². The molecule has 0 amide bonds. The van der Waals surface area contributed by atoms with Crippen molar-refractivity contribution in [2.45, 2.75) is 51.6 Å². The number of halogens is 1. The van der Waals surface area contributed by atoms with Crippen molar-refractivity contribution in [3.8, 4) is 0 Å². The number of rotatable bonds is 6. The second kappa shape index (κ2) is 11.2. The number of alkyl halides is 1. The van der Waals surface area contributed by atoms with E-state index in [1.54, 1.807) is 0 Å². The highest BCUT2D eigenvalue weighted by Gasteiger charge is 2.14. The average Bonchev–Trinajstić information content (AvgIpc) is 3.07. The molecule has 0 radical (unpaired) electrons. The Morgan fingerprint density at radius 3 is 1.67 bits per heavy atom. The Bertz CT molecular complexity index is 160. The fraction of sp³-hybridized carbons (Fsp3) is 1.00. The van der Waals surface area contributed by atoms with E-state index in [1.165, 1.54) is 12.8 Å². The van der Waals surface area contributed by atoms with Crippen molar-refractivity contribution in [3.63, 3.8) is 0 Å². The van der Waals surface area contributed by atoms with Crippen LogP contribution in [0.5, 0.6) is 0 Å². The lowest BCUT2D eigenvalue weighted by Crippen LogP contribution is -2.06. The Morgan fingerprint density at radius 1 is 0.833 bits per heavy atom. The van der Waals surface area contributed by atoms with Crippen LogP contribution >= 0.6 is 15.9 Å². The minimum atomic E-state index is 0.0857. The zero-order valence-corrected chi connectivity index (χ0v) is 12.8. The standard InChI is InChI=1S/C7H14O2.C6H11BrO2/c1-2-3-4-7-8-5-6-9-7;7-3-1-2-6-8-4-5-9-6/h7H,2-6H2,1H3;6H,1-5H2. The zero-order valence-electron chi connectivity index (χ0n) is 11.2. The van der Waals surface area contributed by atoms with E-state index in [1.807, 2.05) is 0 Å². The van der Waals surface area contributed by atoms with Gasteiger partial charge in [0.25, 0.3) is 0 Å². The van der Waals surface area contributed by atoms with Gasteiger partial charge in [0, 0.05) is 5.33 Å². The lowest BCUT2D eigenvalue weighted by molar-refractivity contribution is -0.0478. The van der Waals surface area contributed by atoms with Gasteiger partial charge in [-0.05, 0) is 25.7 Å². The lowest BCUT2D eigenvalue weighted by Gasteiger charge is -2.05. The van der Waals surface area contributed by atoms with Gasteiger partial charge in [0.15, 0.2) is 12.6 Å². The molecule has 5 heteroatoms. The molecule has 0 N–H and O–H groups in total. The predicted molar refractivity (Wildman–Crippen MR) is 73.9 cm³/mol. The minimum Gasteiger partial charge on any atom is -0.350 e. The third-order valence-corrected chi connectivity index (χ3v) is 3.31. The maximum Gasteiger partial charge on any atom is 0.157 e. The van der Waals surface area contributed by atoms with Gasteiger partial charge in [0.1, 0.15) is 0 Å². The van der Waals surface area contributed by atoms with E-state index in [0.717, 1.165) is 51.0 Å². The zero-order chi connectivity index (χ0) is 13.1. The molecule has 18 heavy (non-hydrogen) atoms. The molecule has 0 aromatic rings. The summed E-state index contributed by atoms with van der Waals surface area (Å²) in [5.74, 6) is 0. The fourth-order valence-electron chi connectivity index (χ4n) is 1.76. The summed E-state index contributed by atoms with van der Waals surface area (Å²) in [5.41, 5.74) is 0. The first-order valence-corrected chi connectivity index (χ1v) is 8.01. The smallest absolute Gasteiger partial charge is 0.157 e. The molecule has 0 aliphatic carbocycles. The fourth-order valence-corrected chi connectivity index (χ4v) is 2.09. The van der Waals surface area contributed by atoms with Crippen molar-refractivity contribution in [3.05, 3.63) is 0 Å². The maximum absolute atomic E-state index is 5.23. The molecule has 0 atom stereocenters. The van der Waals surface area contributed by atoms with Gasteiger partial charge < -0.3 is 18.9 Å². The molecule has 0 bridgehead atoms. The summed E-state index contributed by atoms with van der Waals surface area (Å²) in [5, 5.41) is 1.04. The summed E-state index contributed by atoms with van der Waals surface area (Å²) < 4.78 is 20.9. The van der Waals surface area contributed by atoms with Crippen LogP contribution in [0.2, 0.25) is 0 Å². The SMILES string of the molecule is BrCCCC1OCCO1.CCCCC1OCCO1. The highest BCUT2D eigenvalue weighted by molar-refractivity contribution is 9.09. The van der Waals surface area contributed by atoms with Crippen LogP contribution in [0.4, 0.5) is 0 Å². The van der Waals surface area contributed by atoms with E-state index < -0.39 is 0 Å². The van der Waals surface area contributed by atoms with E-state index in [2.05, 4.69) is 22.9 Å². The summed E-state index contributed by atoms with van der Waals surface area (Å²) in [6.07, 6.45) is 5.85. The third-order valence-electron chi connectivity index (χ3n) is 2.75. The minimum absolute atomic E-state index is 0.0857. The molecule has 2 aliphatic rings. The Morgan fingerprint density at radius 2 is 1.28 bits per heavy atom. The highest BCUT2D eigenvalue weighted by Crippen LogP contribution is 2.11. The molecule has 0 saturated carbocycles. The summed E-state index contributed by atoms with van der Waals surface area (Å²) in [4.78, 5) is 0. The first kappa shape index (κ1) is 16.4. The van der Waals surface area contributed by atoms with E-state index in [-0.39, 0.29) is 12.6 Å². The molecule has 2 rings (SSSR count). The van der Waals surface area contributed by atoms with Gasteiger partial charge in [-0.2, -0.15) is 0 Å². The van der Waals surface area contributed by atoms with Gasteiger partial charge in [0.05, 0.1) is 26.4 Å². The lowest BCUT2D eigenvalue weighted by atomic mass is 10.2. The maximum atomic E-state index is 5.23. The molecule has 2 fully saturated rings. The predicted octanol–water partition coefficient (Wildman–Crippen LogP) is 3.08. The van der Waals surface area contributed by atoms with Crippen molar-refractivity contribution in [1.82, 2.24) is 0 Å². The summed E-state index contributed by atoms with van der Waals surface area (Å²) >= 11 is 3.35. The average molecular weight is 325 g/mol. The number of hydrogen-bond donors (Lipinski definition) is 0. The van der Waals surface area contributed by atoms with Crippen LogP contribution in [-0.2, 0) is 18.9 Å². The van der Waals surface area contributed by atoms with Gasteiger partial charge in [-0.15, -0.1) is 0 Å².